The highest BCUT2D eigenvalue weighted by molar-refractivity contribution is 5.74. The number of urea groups is 1. The molecule has 0 aromatic carbocycles. The number of ether oxygens (including phenoxy) is 1. The Morgan fingerprint density at radius 1 is 1.53 bits per heavy atom. The maximum atomic E-state index is 11.5. The van der Waals surface area contributed by atoms with Crippen molar-refractivity contribution in [1.82, 2.24) is 10.6 Å². The quantitative estimate of drug-likeness (QED) is 0.616. The number of hydrogen-bond acceptors (Lipinski definition) is 3. The molecule has 1 atom stereocenters. The van der Waals surface area contributed by atoms with Crippen LogP contribution in [0.15, 0.2) is 0 Å². The van der Waals surface area contributed by atoms with Crippen LogP contribution in [0.2, 0.25) is 0 Å². The van der Waals surface area contributed by atoms with Crippen LogP contribution in [0.25, 0.3) is 0 Å². The molecule has 0 heterocycles. The molecule has 1 aliphatic carbocycles. The molecule has 0 aromatic heterocycles. The minimum absolute atomic E-state index is 0.105. The number of rotatable bonds is 5. The second-order valence-electron chi connectivity index (χ2n) is 3.93. The molecule has 0 saturated heterocycles. The topological polar surface area (TPSA) is 70.6 Å². The molecule has 1 rings (SSSR count). The van der Waals surface area contributed by atoms with E-state index in [1.807, 2.05) is 0 Å². The lowest BCUT2D eigenvalue weighted by Gasteiger charge is -2.18. The van der Waals surface area contributed by atoms with Crippen LogP contribution in [0, 0.1) is 0 Å². The summed E-state index contributed by atoms with van der Waals surface area (Å²) in [7, 11) is 1.54. The van der Waals surface area contributed by atoms with E-state index in [2.05, 4.69) is 10.6 Å². The molecule has 2 amide bonds. The fraction of sp³-hybridized carbons (Fsp3) is 0.900. The third-order valence-corrected chi connectivity index (χ3v) is 2.61. The SMILES string of the molecule is COCC(CO)NC(=O)NC1CCCC1. The van der Waals surface area contributed by atoms with Gasteiger partial charge in [-0.3, -0.25) is 0 Å². The first kappa shape index (κ1) is 12.3. The zero-order chi connectivity index (χ0) is 11.1. The second-order valence-corrected chi connectivity index (χ2v) is 3.93. The van der Waals surface area contributed by atoms with Gasteiger partial charge in [0, 0.05) is 13.2 Å². The summed E-state index contributed by atoms with van der Waals surface area (Å²) >= 11 is 0. The summed E-state index contributed by atoms with van der Waals surface area (Å²) in [5.41, 5.74) is 0. The molecule has 0 spiro atoms. The van der Waals surface area contributed by atoms with Crippen molar-refractivity contribution in [3.63, 3.8) is 0 Å². The second kappa shape index (κ2) is 6.63. The van der Waals surface area contributed by atoms with Gasteiger partial charge in [-0.25, -0.2) is 4.79 Å². The van der Waals surface area contributed by atoms with Crippen LogP contribution in [0.5, 0.6) is 0 Å². The molecule has 15 heavy (non-hydrogen) atoms. The van der Waals surface area contributed by atoms with Crippen LogP contribution in [0.1, 0.15) is 25.7 Å². The Labute approximate surface area is 90.2 Å². The number of hydrogen-bond donors (Lipinski definition) is 3. The van der Waals surface area contributed by atoms with E-state index in [1.54, 1.807) is 7.11 Å². The van der Waals surface area contributed by atoms with Gasteiger partial charge in [0.1, 0.15) is 0 Å². The van der Waals surface area contributed by atoms with Gasteiger partial charge in [0.25, 0.3) is 0 Å². The number of aliphatic hydroxyl groups is 1. The first-order valence-electron chi connectivity index (χ1n) is 5.43. The lowest BCUT2D eigenvalue weighted by Crippen LogP contribution is -2.48. The molecule has 0 bridgehead atoms. The van der Waals surface area contributed by atoms with Crippen LogP contribution >= 0.6 is 0 Å². The third kappa shape index (κ3) is 4.48. The number of carbonyl (C=O) groups excluding carboxylic acids is 1. The van der Waals surface area contributed by atoms with Gasteiger partial charge in [-0.2, -0.15) is 0 Å². The normalized spacial score (nSPS) is 18.8. The van der Waals surface area contributed by atoms with Crippen molar-refractivity contribution >= 4 is 6.03 Å². The van der Waals surface area contributed by atoms with E-state index in [-0.39, 0.29) is 18.7 Å². The molecule has 1 fully saturated rings. The summed E-state index contributed by atoms with van der Waals surface area (Å²) in [5.74, 6) is 0. The predicted octanol–water partition coefficient (Wildman–Crippen LogP) is 0.235. The fourth-order valence-corrected chi connectivity index (χ4v) is 1.82. The molecular formula is C10H20N2O3. The Bertz CT molecular complexity index is 193. The van der Waals surface area contributed by atoms with Gasteiger partial charge in [0.05, 0.1) is 19.3 Å². The molecule has 5 heteroatoms. The van der Waals surface area contributed by atoms with Gasteiger partial charge in [0.2, 0.25) is 0 Å². The molecule has 5 nitrogen and oxygen atoms in total. The van der Waals surface area contributed by atoms with E-state index in [1.165, 1.54) is 12.8 Å². The molecule has 1 saturated carbocycles. The van der Waals surface area contributed by atoms with E-state index in [0.29, 0.717) is 12.6 Å². The van der Waals surface area contributed by atoms with Crippen LogP contribution in [0.3, 0.4) is 0 Å². The Hall–Kier alpha value is -0.810. The molecule has 0 aromatic rings. The van der Waals surface area contributed by atoms with Crippen molar-refractivity contribution < 1.29 is 14.6 Å². The number of methoxy groups -OCH3 is 1. The van der Waals surface area contributed by atoms with Crippen LogP contribution < -0.4 is 10.6 Å². The largest absolute Gasteiger partial charge is 0.394 e. The number of amides is 2. The van der Waals surface area contributed by atoms with Crippen molar-refractivity contribution in [2.75, 3.05) is 20.3 Å². The first-order valence-corrected chi connectivity index (χ1v) is 5.43. The molecule has 1 aliphatic rings. The van der Waals surface area contributed by atoms with E-state index < -0.39 is 0 Å². The fourth-order valence-electron chi connectivity index (χ4n) is 1.82. The number of aliphatic hydroxyl groups excluding tert-OH is 1. The van der Waals surface area contributed by atoms with Gasteiger partial charge in [-0.05, 0) is 12.8 Å². The van der Waals surface area contributed by atoms with Crippen molar-refractivity contribution in [3.8, 4) is 0 Å². The third-order valence-electron chi connectivity index (χ3n) is 2.61. The highest BCUT2D eigenvalue weighted by Gasteiger charge is 2.18. The number of nitrogens with one attached hydrogen (secondary N) is 2. The lowest BCUT2D eigenvalue weighted by molar-refractivity contribution is 0.130. The standard InChI is InChI=1S/C10H20N2O3/c1-15-7-9(6-13)12-10(14)11-8-4-2-3-5-8/h8-9,13H,2-7H2,1H3,(H2,11,12,14). The average Bonchev–Trinajstić information content (AvgIpc) is 2.69. The summed E-state index contributed by atoms with van der Waals surface area (Å²) < 4.78 is 4.86. The minimum atomic E-state index is -0.323. The Balaban J connectivity index is 2.20. The van der Waals surface area contributed by atoms with E-state index in [4.69, 9.17) is 9.84 Å². The van der Waals surface area contributed by atoms with Gasteiger partial charge in [-0.1, -0.05) is 12.8 Å². The van der Waals surface area contributed by atoms with Crippen LogP contribution in [0.4, 0.5) is 4.79 Å². The zero-order valence-corrected chi connectivity index (χ0v) is 9.16. The van der Waals surface area contributed by atoms with E-state index >= 15 is 0 Å². The molecule has 0 aliphatic heterocycles. The molecular weight excluding hydrogens is 196 g/mol. The van der Waals surface area contributed by atoms with Crippen molar-refractivity contribution in [1.29, 1.82) is 0 Å². The molecule has 1 unspecified atom stereocenters. The highest BCUT2D eigenvalue weighted by Crippen LogP contribution is 2.17. The number of carbonyl (C=O) groups is 1. The summed E-state index contributed by atoms with van der Waals surface area (Å²) in [6.07, 6.45) is 4.49. The minimum Gasteiger partial charge on any atom is -0.394 e. The summed E-state index contributed by atoms with van der Waals surface area (Å²) in [6.45, 7) is 0.223. The predicted molar refractivity (Wildman–Crippen MR) is 56.7 cm³/mol. The maximum Gasteiger partial charge on any atom is 0.315 e. The molecule has 3 N–H and O–H groups in total. The molecule has 0 radical (unpaired) electrons. The van der Waals surface area contributed by atoms with Crippen molar-refractivity contribution in [2.45, 2.75) is 37.8 Å². The monoisotopic (exact) mass is 216 g/mol. The highest BCUT2D eigenvalue weighted by atomic mass is 16.5. The Morgan fingerprint density at radius 2 is 2.20 bits per heavy atom. The summed E-state index contributed by atoms with van der Waals surface area (Å²) in [5, 5.41) is 14.5. The average molecular weight is 216 g/mol. The van der Waals surface area contributed by atoms with Gasteiger partial charge in [-0.15, -0.1) is 0 Å². The molecule has 88 valence electrons. The summed E-state index contributed by atoms with van der Waals surface area (Å²) in [6, 6.07) is -0.235. The van der Waals surface area contributed by atoms with E-state index in [9.17, 15) is 4.79 Å². The van der Waals surface area contributed by atoms with Crippen molar-refractivity contribution in [2.24, 2.45) is 0 Å². The lowest BCUT2D eigenvalue weighted by atomic mass is 10.2. The summed E-state index contributed by atoms with van der Waals surface area (Å²) in [4.78, 5) is 11.5. The van der Waals surface area contributed by atoms with Crippen LogP contribution in [-0.4, -0.2) is 43.5 Å². The smallest absolute Gasteiger partial charge is 0.315 e. The van der Waals surface area contributed by atoms with E-state index in [0.717, 1.165) is 12.8 Å². The first-order chi connectivity index (χ1) is 7.26. The Kier molecular flexibility index (Phi) is 5.42. The Morgan fingerprint density at radius 3 is 2.73 bits per heavy atom. The maximum absolute atomic E-state index is 11.5. The van der Waals surface area contributed by atoms with Gasteiger partial charge in [0.15, 0.2) is 0 Å². The van der Waals surface area contributed by atoms with Gasteiger partial charge >= 0.3 is 6.03 Å². The zero-order valence-electron chi connectivity index (χ0n) is 9.16. The van der Waals surface area contributed by atoms with Crippen LogP contribution in [-0.2, 0) is 4.74 Å². The van der Waals surface area contributed by atoms with Gasteiger partial charge < -0.3 is 20.5 Å². The van der Waals surface area contributed by atoms with Crippen molar-refractivity contribution in [3.05, 3.63) is 0 Å².